The third-order valence-corrected chi connectivity index (χ3v) is 5.20. The minimum Gasteiger partial charge on any atom is -0.408 e. The molecule has 0 radical (unpaired) electrons. The maximum absolute atomic E-state index is 12.1. The van der Waals surface area contributed by atoms with Crippen molar-refractivity contribution in [3.63, 3.8) is 0 Å². The molecule has 1 amide bonds. The maximum Gasteiger partial charge on any atom is 0.420 e. The second kappa shape index (κ2) is 7.13. The van der Waals surface area contributed by atoms with Gasteiger partial charge in [0.1, 0.15) is 6.54 Å². The molecule has 0 atom stereocenters. The van der Waals surface area contributed by atoms with Crippen LogP contribution in [0.25, 0.3) is 21.3 Å². The third kappa shape index (κ3) is 3.39. The van der Waals surface area contributed by atoms with Gasteiger partial charge in [-0.25, -0.2) is 9.78 Å². The number of oxazole rings is 1. The quantitative estimate of drug-likeness (QED) is 0.532. The summed E-state index contributed by atoms with van der Waals surface area (Å²) in [6.45, 7) is 0.496. The molecule has 0 saturated heterocycles. The van der Waals surface area contributed by atoms with E-state index in [-0.39, 0.29) is 12.5 Å². The number of amides is 1. The summed E-state index contributed by atoms with van der Waals surface area (Å²) in [6, 6.07) is 15.1. The number of benzene rings is 2. The fraction of sp³-hybridized carbons (Fsp3) is 0.211. The fourth-order valence-electron chi connectivity index (χ4n) is 2.86. The van der Waals surface area contributed by atoms with Gasteiger partial charge in [-0.05, 0) is 30.7 Å². The minimum absolute atomic E-state index is 0.0447. The SMILES string of the molecule is O=C(Cn1c(=O)oc2ccccc21)NCCCc1nc2ccccc2s1. The standard InChI is InChI=1S/C19H17N3O3S/c23-17(12-22-14-7-2-3-8-15(14)25-19(22)24)20-11-5-10-18-21-13-6-1-4-9-16(13)26-18/h1-4,6-9H,5,10-12H2,(H,20,23). The first kappa shape index (κ1) is 16.5. The highest BCUT2D eigenvalue weighted by atomic mass is 32.1. The summed E-state index contributed by atoms with van der Waals surface area (Å²) in [5.41, 5.74) is 2.13. The van der Waals surface area contributed by atoms with Crippen molar-refractivity contribution in [1.82, 2.24) is 14.9 Å². The molecule has 26 heavy (non-hydrogen) atoms. The molecular weight excluding hydrogens is 350 g/mol. The van der Waals surface area contributed by atoms with Crippen molar-refractivity contribution in [2.24, 2.45) is 0 Å². The smallest absolute Gasteiger partial charge is 0.408 e. The van der Waals surface area contributed by atoms with Crippen LogP contribution in [0, 0.1) is 0 Å². The molecule has 1 N–H and O–H groups in total. The third-order valence-electron chi connectivity index (χ3n) is 4.10. The van der Waals surface area contributed by atoms with Gasteiger partial charge in [0.15, 0.2) is 5.58 Å². The van der Waals surface area contributed by atoms with Crippen molar-refractivity contribution in [1.29, 1.82) is 0 Å². The van der Waals surface area contributed by atoms with Crippen LogP contribution in [0.3, 0.4) is 0 Å². The lowest BCUT2D eigenvalue weighted by Gasteiger charge is -2.05. The molecule has 0 aliphatic heterocycles. The lowest BCUT2D eigenvalue weighted by molar-refractivity contribution is -0.121. The van der Waals surface area contributed by atoms with E-state index in [0.717, 1.165) is 23.4 Å². The summed E-state index contributed by atoms with van der Waals surface area (Å²) in [5, 5.41) is 3.92. The molecule has 7 heteroatoms. The van der Waals surface area contributed by atoms with E-state index in [0.29, 0.717) is 17.6 Å². The Bertz CT molecular complexity index is 1090. The molecule has 4 aromatic rings. The van der Waals surface area contributed by atoms with E-state index >= 15 is 0 Å². The van der Waals surface area contributed by atoms with Crippen molar-refractivity contribution in [3.05, 3.63) is 64.1 Å². The number of aromatic nitrogens is 2. The molecule has 0 fully saturated rings. The van der Waals surface area contributed by atoms with E-state index in [9.17, 15) is 9.59 Å². The number of nitrogens with one attached hydrogen (secondary N) is 1. The number of nitrogens with zero attached hydrogens (tertiary/aromatic N) is 2. The second-order valence-corrected chi connectivity index (χ2v) is 7.07. The predicted octanol–water partition coefficient (Wildman–Crippen LogP) is 2.95. The number of rotatable bonds is 6. The fourth-order valence-corrected chi connectivity index (χ4v) is 3.87. The number of hydrogen-bond acceptors (Lipinski definition) is 5. The van der Waals surface area contributed by atoms with Crippen molar-refractivity contribution in [2.45, 2.75) is 19.4 Å². The summed E-state index contributed by atoms with van der Waals surface area (Å²) in [5.74, 6) is -0.723. The Morgan fingerprint density at radius 3 is 2.85 bits per heavy atom. The summed E-state index contributed by atoms with van der Waals surface area (Å²) in [6.07, 6.45) is 1.61. The maximum atomic E-state index is 12.1. The number of carbonyl (C=O) groups is 1. The van der Waals surface area contributed by atoms with Gasteiger partial charge in [-0.1, -0.05) is 24.3 Å². The van der Waals surface area contributed by atoms with Gasteiger partial charge in [-0.2, -0.15) is 0 Å². The first-order valence-corrected chi connectivity index (χ1v) is 9.22. The van der Waals surface area contributed by atoms with Gasteiger partial charge in [-0.3, -0.25) is 9.36 Å². The molecule has 0 aliphatic carbocycles. The highest BCUT2D eigenvalue weighted by molar-refractivity contribution is 7.18. The van der Waals surface area contributed by atoms with E-state index in [1.54, 1.807) is 29.5 Å². The molecule has 132 valence electrons. The van der Waals surface area contributed by atoms with Gasteiger partial charge >= 0.3 is 5.76 Å². The molecule has 0 unspecified atom stereocenters. The zero-order chi connectivity index (χ0) is 17.9. The van der Waals surface area contributed by atoms with Crippen LogP contribution in [0.2, 0.25) is 0 Å². The zero-order valence-electron chi connectivity index (χ0n) is 14.0. The Morgan fingerprint density at radius 1 is 1.15 bits per heavy atom. The average Bonchev–Trinajstić information content (AvgIpc) is 3.19. The van der Waals surface area contributed by atoms with Crippen LogP contribution in [-0.2, 0) is 17.8 Å². The van der Waals surface area contributed by atoms with E-state index < -0.39 is 5.76 Å². The molecule has 0 aliphatic rings. The van der Waals surface area contributed by atoms with Crippen LogP contribution in [-0.4, -0.2) is 22.0 Å². The van der Waals surface area contributed by atoms with Crippen LogP contribution >= 0.6 is 11.3 Å². The van der Waals surface area contributed by atoms with E-state index in [2.05, 4.69) is 16.4 Å². The number of thiazole rings is 1. The Balaban J connectivity index is 1.31. The van der Waals surface area contributed by atoms with Crippen LogP contribution in [0.5, 0.6) is 0 Å². The summed E-state index contributed by atoms with van der Waals surface area (Å²) in [7, 11) is 0. The van der Waals surface area contributed by atoms with Crippen LogP contribution in [0.1, 0.15) is 11.4 Å². The Morgan fingerprint density at radius 2 is 1.96 bits per heavy atom. The van der Waals surface area contributed by atoms with E-state index in [1.165, 1.54) is 9.27 Å². The monoisotopic (exact) mass is 367 g/mol. The Hall–Kier alpha value is -2.93. The topological polar surface area (TPSA) is 77.1 Å². The molecule has 2 aromatic heterocycles. The Labute approximate surface area is 153 Å². The second-order valence-electron chi connectivity index (χ2n) is 5.95. The van der Waals surface area contributed by atoms with E-state index in [1.807, 2.05) is 24.3 Å². The highest BCUT2D eigenvalue weighted by Crippen LogP contribution is 2.22. The Kier molecular flexibility index (Phi) is 4.53. The molecule has 0 bridgehead atoms. The molecule has 4 rings (SSSR count). The number of para-hydroxylation sites is 3. The van der Waals surface area contributed by atoms with Gasteiger partial charge in [0, 0.05) is 13.0 Å². The van der Waals surface area contributed by atoms with Gasteiger partial charge in [-0.15, -0.1) is 11.3 Å². The lowest BCUT2D eigenvalue weighted by atomic mass is 10.3. The molecule has 0 spiro atoms. The van der Waals surface area contributed by atoms with Gasteiger partial charge < -0.3 is 9.73 Å². The highest BCUT2D eigenvalue weighted by Gasteiger charge is 2.12. The molecule has 6 nitrogen and oxygen atoms in total. The molecular formula is C19H17N3O3S. The summed E-state index contributed by atoms with van der Waals surface area (Å²) >= 11 is 1.68. The number of hydrogen-bond donors (Lipinski definition) is 1. The van der Waals surface area contributed by atoms with Crippen LogP contribution in [0.15, 0.2) is 57.7 Å². The number of fused-ring (bicyclic) bond motifs is 2. The van der Waals surface area contributed by atoms with Gasteiger partial charge in [0.2, 0.25) is 5.91 Å². The van der Waals surface area contributed by atoms with Crippen molar-refractivity contribution in [3.8, 4) is 0 Å². The molecule has 2 aromatic carbocycles. The van der Waals surface area contributed by atoms with Gasteiger partial charge in [0.25, 0.3) is 0 Å². The van der Waals surface area contributed by atoms with Crippen LogP contribution < -0.4 is 11.1 Å². The van der Waals surface area contributed by atoms with Crippen molar-refractivity contribution < 1.29 is 9.21 Å². The molecule has 0 saturated carbocycles. The largest absolute Gasteiger partial charge is 0.420 e. The number of aryl methyl sites for hydroxylation is 1. The first-order valence-electron chi connectivity index (χ1n) is 8.40. The summed E-state index contributed by atoms with van der Waals surface area (Å²) < 4.78 is 7.66. The number of carbonyl (C=O) groups excluding carboxylic acids is 1. The summed E-state index contributed by atoms with van der Waals surface area (Å²) in [4.78, 5) is 28.6. The van der Waals surface area contributed by atoms with E-state index in [4.69, 9.17) is 4.42 Å². The normalized spacial score (nSPS) is 11.2. The van der Waals surface area contributed by atoms with Crippen molar-refractivity contribution in [2.75, 3.05) is 6.54 Å². The van der Waals surface area contributed by atoms with Crippen LogP contribution in [0.4, 0.5) is 0 Å². The average molecular weight is 367 g/mol. The molecule has 2 heterocycles. The zero-order valence-corrected chi connectivity index (χ0v) is 14.8. The lowest BCUT2D eigenvalue weighted by Crippen LogP contribution is -2.31. The van der Waals surface area contributed by atoms with Crippen molar-refractivity contribution >= 4 is 38.6 Å². The predicted molar refractivity (Wildman–Crippen MR) is 101 cm³/mol. The minimum atomic E-state index is -0.518. The van der Waals surface area contributed by atoms with Gasteiger partial charge in [0.05, 0.1) is 20.7 Å². The first-order chi connectivity index (χ1) is 12.7.